The molecule has 0 unspecified atom stereocenters. The van der Waals surface area contributed by atoms with Gasteiger partial charge in [-0.15, -0.1) is 0 Å². The van der Waals surface area contributed by atoms with Gasteiger partial charge >= 0.3 is 6.03 Å². The highest BCUT2D eigenvalue weighted by Crippen LogP contribution is 2.13. The Kier molecular flexibility index (Phi) is 3.28. The minimum atomic E-state index is -0.961. The van der Waals surface area contributed by atoms with Crippen molar-refractivity contribution in [2.45, 2.75) is 6.42 Å². The number of imide groups is 2. The lowest BCUT2D eigenvalue weighted by atomic mass is 9.96. The number of barbiturate groups is 1. The van der Waals surface area contributed by atoms with Crippen molar-refractivity contribution >= 4 is 23.8 Å². The van der Waals surface area contributed by atoms with Crippen LogP contribution in [-0.2, 0) is 16.0 Å². The van der Waals surface area contributed by atoms with Gasteiger partial charge in [-0.25, -0.2) is 4.79 Å². The molecule has 1 aromatic rings. The molecule has 19 heavy (non-hydrogen) atoms. The van der Waals surface area contributed by atoms with E-state index in [2.05, 4.69) is 0 Å². The minimum Gasteiger partial charge on any atom is -0.366 e. The zero-order valence-corrected chi connectivity index (χ0v) is 9.80. The normalized spacial score (nSPS) is 15.9. The Labute approximate surface area is 108 Å². The van der Waals surface area contributed by atoms with E-state index in [0.29, 0.717) is 11.1 Å². The van der Waals surface area contributed by atoms with Crippen LogP contribution in [0.4, 0.5) is 4.79 Å². The van der Waals surface area contributed by atoms with Gasteiger partial charge in [0.05, 0.1) is 0 Å². The number of primary amides is 1. The summed E-state index contributed by atoms with van der Waals surface area (Å²) in [6.45, 7) is 0. The van der Waals surface area contributed by atoms with Crippen LogP contribution >= 0.6 is 0 Å². The lowest BCUT2D eigenvalue weighted by molar-refractivity contribution is -0.135. The van der Waals surface area contributed by atoms with E-state index in [1.54, 1.807) is 12.1 Å². The van der Waals surface area contributed by atoms with Crippen LogP contribution in [0.3, 0.4) is 0 Å². The average molecular weight is 261 g/mol. The Morgan fingerprint density at radius 2 is 1.58 bits per heavy atom. The molecule has 1 saturated heterocycles. The van der Waals surface area contributed by atoms with Crippen molar-refractivity contribution in [3.63, 3.8) is 0 Å². The van der Waals surface area contributed by atoms with Crippen molar-refractivity contribution in [2.24, 2.45) is 11.7 Å². The Morgan fingerprint density at radius 1 is 1.05 bits per heavy atom. The summed E-state index contributed by atoms with van der Waals surface area (Å²) in [5, 5.41) is 4.05. The van der Waals surface area contributed by atoms with Gasteiger partial charge in [0, 0.05) is 5.56 Å². The molecule has 0 saturated carbocycles. The van der Waals surface area contributed by atoms with Crippen LogP contribution in [0.1, 0.15) is 15.9 Å². The summed E-state index contributed by atoms with van der Waals surface area (Å²) in [5.41, 5.74) is 6.14. The van der Waals surface area contributed by atoms with Gasteiger partial charge in [0.25, 0.3) is 0 Å². The zero-order chi connectivity index (χ0) is 14.0. The second-order valence-corrected chi connectivity index (χ2v) is 4.13. The van der Waals surface area contributed by atoms with Crippen molar-refractivity contribution < 1.29 is 19.2 Å². The van der Waals surface area contributed by atoms with Crippen molar-refractivity contribution in [1.29, 1.82) is 0 Å². The van der Waals surface area contributed by atoms with Crippen LogP contribution in [0.15, 0.2) is 24.3 Å². The molecule has 98 valence electrons. The summed E-state index contributed by atoms with van der Waals surface area (Å²) in [5.74, 6) is -2.78. The quantitative estimate of drug-likeness (QED) is 0.624. The summed E-state index contributed by atoms with van der Waals surface area (Å²) < 4.78 is 0. The lowest BCUT2D eigenvalue weighted by Gasteiger charge is -2.20. The summed E-state index contributed by atoms with van der Waals surface area (Å²) in [6.07, 6.45) is 0.143. The first kappa shape index (κ1) is 12.7. The maximum atomic E-state index is 11.5. The van der Waals surface area contributed by atoms with Crippen molar-refractivity contribution in [2.75, 3.05) is 0 Å². The van der Waals surface area contributed by atoms with Crippen LogP contribution in [-0.4, -0.2) is 23.8 Å². The Bertz CT molecular complexity index is 545. The average Bonchev–Trinajstić information content (AvgIpc) is 2.34. The number of carbonyl (C=O) groups is 4. The molecule has 1 aliphatic heterocycles. The van der Waals surface area contributed by atoms with E-state index in [-0.39, 0.29) is 6.42 Å². The molecule has 1 aliphatic rings. The third-order valence-electron chi connectivity index (χ3n) is 2.78. The van der Waals surface area contributed by atoms with Gasteiger partial charge in [-0.3, -0.25) is 25.0 Å². The summed E-state index contributed by atoms with van der Waals surface area (Å²) >= 11 is 0. The molecule has 1 fully saturated rings. The first-order valence-electron chi connectivity index (χ1n) is 5.52. The molecule has 0 bridgehead atoms. The van der Waals surface area contributed by atoms with E-state index in [0.717, 1.165) is 0 Å². The first-order chi connectivity index (χ1) is 8.97. The monoisotopic (exact) mass is 261 g/mol. The molecule has 7 heteroatoms. The molecule has 0 aromatic heterocycles. The van der Waals surface area contributed by atoms with E-state index in [4.69, 9.17) is 5.73 Å². The Balaban J connectivity index is 2.12. The zero-order valence-electron chi connectivity index (χ0n) is 9.80. The smallest absolute Gasteiger partial charge is 0.328 e. The third-order valence-corrected chi connectivity index (χ3v) is 2.78. The fraction of sp³-hybridized carbons (Fsp3) is 0.167. The maximum Gasteiger partial charge on any atom is 0.328 e. The molecule has 0 spiro atoms. The number of carbonyl (C=O) groups excluding carboxylic acids is 4. The van der Waals surface area contributed by atoms with Crippen molar-refractivity contribution in [3.05, 3.63) is 35.4 Å². The second kappa shape index (κ2) is 4.89. The molecule has 0 radical (unpaired) electrons. The maximum absolute atomic E-state index is 11.5. The fourth-order valence-electron chi connectivity index (χ4n) is 1.77. The van der Waals surface area contributed by atoms with Gasteiger partial charge in [-0.05, 0) is 24.1 Å². The molecule has 1 heterocycles. The number of amides is 5. The molecule has 0 aliphatic carbocycles. The van der Waals surface area contributed by atoms with Gasteiger partial charge in [-0.2, -0.15) is 0 Å². The molecule has 4 N–H and O–H groups in total. The van der Waals surface area contributed by atoms with Crippen LogP contribution < -0.4 is 16.4 Å². The van der Waals surface area contributed by atoms with Crippen molar-refractivity contribution in [1.82, 2.24) is 10.6 Å². The minimum absolute atomic E-state index is 0.143. The third kappa shape index (κ3) is 2.76. The van der Waals surface area contributed by atoms with Crippen molar-refractivity contribution in [3.8, 4) is 0 Å². The molecule has 7 nitrogen and oxygen atoms in total. The molecule has 2 rings (SSSR count). The number of benzene rings is 1. The number of nitrogens with two attached hydrogens (primary N) is 1. The highest BCUT2D eigenvalue weighted by molar-refractivity contribution is 6.16. The van der Waals surface area contributed by atoms with Gasteiger partial charge in [-0.1, -0.05) is 12.1 Å². The van der Waals surface area contributed by atoms with E-state index < -0.39 is 29.7 Å². The largest absolute Gasteiger partial charge is 0.366 e. The summed E-state index contributed by atoms with van der Waals surface area (Å²) in [4.78, 5) is 44.8. The lowest BCUT2D eigenvalue weighted by Crippen LogP contribution is -2.56. The standard InChI is InChI=1S/C12H11N3O4/c13-9(16)7-3-1-6(2-4-7)5-8-10(17)14-12(19)15-11(8)18/h1-4,8H,5H2,(H2,13,16)(H2,14,15,17,18,19). The predicted octanol–water partition coefficient (Wildman–Crippen LogP) is -0.690. The number of rotatable bonds is 3. The summed E-state index contributed by atoms with van der Waals surface area (Å²) in [7, 11) is 0. The number of nitrogens with one attached hydrogen (secondary N) is 2. The van der Waals surface area contributed by atoms with Crippen LogP contribution in [0.25, 0.3) is 0 Å². The topological polar surface area (TPSA) is 118 Å². The highest BCUT2D eigenvalue weighted by Gasteiger charge is 2.33. The SMILES string of the molecule is NC(=O)c1ccc(CC2C(=O)NC(=O)NC2=O)cc1. The first-order valence-corrected chi connectivity index (χ1v) is 5.52. The van der Waals surface area contributed by atoms with E-state index in [1.165, 1.54) is 12.1 Å². The summed E-state index contributed by atoms with van der Waals surface area (Å²) in [6, 6.07) is 5.44. The van der Waals surface area contributed by atoms with Gasteiger partial charge < -0.3 is 5.73 Å². The van der Waals surface area contributed by atoms with E-state index >= 15 is 0 Å². The van der Waals surface area contributed by atoms with Crippen LogP contribution in [0, 0.1) is 5.92 Å². The van der Waals surface area contributed by atoms with E-state index in [1.807, 2.05) is 10.6 Å². The van der Waals surface area contributed by atoms with Crippen LogP contribution in [0.5, 0.6) is 0 Å². The molecular formula is C12H11N3O4. The Morgan fingerprint density at radius 3 is 2.05 bits per heavy atom. The fourth-order valence-corrected chi connectivity index (χ4v) is 1.77. The second-order valence-electron chi connectivity index (χ2n) is 4.13. The molecular weight excluding hydrogens is 250 g/mol. The van der Waals surface area contributed by atoms with Gasteiger partial charge in [0.15, 0.2) is 0 Å². The van der Waals surface area contributed by atoms with Crippen LogP contribution in [0.2, 0.25) is 0 Å². The number of hydrogen-bond donors (Lipinski definition) is 3. The van der Waals surface area contributed by atoms with Gasteiger partial charge in [0.2, 0.25) is 17.7 Å². The highest BCUT2D eigenvalue weighted by atomic mass is 16.2. The molecule has 0 atom stereocenters. The predicted molar refractivity (Wildman–Crippen MR) is 63.8 cm³/mol. The van der Waals surface area contributed by atoms with E-state index in [9.17, 15) is 19.2 Å². The number of urea groups is 1. The Hall–Kier alpha value is -2.70. The molecule has 1 aromatic carbocycles. The number of hydrogen-bond acceptors (Lipinski definition) is 4. The molecule has 5 amide bonds. The van der Waals surface area contributed by atoms with Gasteiger partial charge in [0.1, 0.15) is 5.92 Å².